The molecular weight excluding hydrogens is 404 g/mol. The van der Waals surface area contributed by atoms with Crippen LogP contribution in [0, 0.1) is 25.6 Å². The summed E-state index contributed by atoms with van der Waals surface area (Å²) in [5, 5.41) is 12.3. The highest BCUT2D eigenvalue weighted by molar-refractivity contribution is 6.32. The molecule has 1 aromatic carbocycles. The van der Waals surface area contributed by atoms with E-state index in [9.17, 15) is 9.18 Å². The Morgan fingerprint density at radius 2 is 2.00 bits per heavy atom. The second kappa shape index (κ2) is 8.32. The van der Waals surface area contributed by atoms with E-state index in [-0.39, 0.29) is 18.4 Å². The van der Waals surface area contributed by atoms with E-state index in [1.165, 1.54) is 10.7 Å². The first-order valence-electron chi connectivity index (χ1n) is 8.73. The smallest absolute Gasteiger partial charge is 0.230 e. The zero-order valence-corrected chi connectivity index (χ0v) is 17.2. The number of anilines is 1. The third-order valence-corrected chi connectivity index (χ3v) is 5.36. The lowest BCUT2D eigenvalue weighted by atomic mass is 10.1. The van der Waals surface area contributed by atoms with Gasteiger partial charge < -0.3 is 5.32 Å². The lowest BCUT2D eigenvalue weighted by molar-refractivity contribution is -0.119. The molecule has 9 heteroatoms. The predicted molar refractivity (Wildman–Crippen MR) is 107 cm³/mol. The standard InChI is InChI=1S/C19H20Cl2FN5O/c1-11(9-27-13(3)18(21)12(2)24-27)19(28)23-17-7-8-26(25-17)10-14-15(20)5-4-6-16(14)22/h4-8,11H,9-10H2,1-3H3,(H,23,25,28). The fourth-order valence-corrected chi connectivity index (χ4v) is 3.16. The molecule has 148 valence electrons. The number of benzene rings is 1. The Balaban J connectivity index is 1.64. The number of hydrogen-bond acceptors (Lipinski definition) is 3. The molecule has 2 aromatic heterocycles. The summed E-state index contributed by atoms with van der Waals surface area (Å²) in [6.07, 6.45) is 1.66. The van der Waals surface area contributed by atoms with Crippen molar-refractivity contribution in [1.29, 1.82) is 0 Å². The van der Waals surface area contributed by atoms with Crippen LogP contribution in [0.3, 0.4) is 0 Å². The molecular formula is C19H20Cl2FN5O. The molecule has 6 nitrogen and oxygen atoms in total. The average molecular weight is 424 g/mol. The van der Waals surface area contributed by atoms with Crippen molar-refractivity contribution in [3.8, 4) is 0 Å². The van der Waals surface area contributed by atoms with Gasteiger partial charge in [-0.2, -0.15) is 10.2 Å². The summed E-state index contributed by atoms with van der Waals surface area (Å²) in [5.41, 5.74) is 1.90. The first-order valence-corrected chi connectivity index (χ1v) is 9.48. The summed E-state index contributed by atoms with van der Waals surface area (Å²) in [5.74, 6) is -0.556. The van der Waals surface area contributed by atoms with Gasteiger partial charge in [-0.3, -0.25) is 14.2 Å². The number of halogens is 3. The van der Waals surface area contributed by atoms with Gasteiger partial charge >= 0.3 is 0 Å². The number of aromatic nitrogens is 4. The molecule has 0 radical (unpaired) electrons. The molecule has 0 aliphatic carbocycles. The molecule has 0 fully saturated rings. The monoisotopic (exact) mass is 423 g/mol. The summed E-state index contributed by atoms with van der Waals surface area (Å²) >= 11 is 12.2. The molecule has 0 spiro atoms. The topological polar surface area (TPSA) is 64.7 Å². The summed E-state index contributed by atoms with van der Waals surface area (Å²) < 4.78 is 17.2. The van der Waals surface area contributed by atoms with Gasteiger partial charge in [0.25, 0.3) is 0 Å². The van der Waals surface area contributed by atoms with Gasteiger partial charge in [-0.15, -0.1) is 0 Å². The number of carbonyl (C=O) groups excluding carboxylic acids is 1. The highest BCUT2D eigenvalue weighted by Gasteiger charge is 2.18. The van der Waals surface area contributed by atoms with Crippen molar-refractivity contribution in [2.24, 2.45) is 5.92 Å². The van der Waals surface area contributed by atoms with E-state index in [1.807, 2.05) is 13.8 Å². The average Bonchev–Trinajstić information content (AvgIpc) is 3.18. The van der Waals surface area contributed by atoms with Crippen LogP contribution in [0.4, 0.5) is 10.2 Å². The number of hydrogen-bond donors (Lipinski definition) is 1. The first-order chi connectivity index (χ1) is 13.3. The number of aryl methyl sites for hydroxylation is 1. The zero-order chi connectivity index (χ0) is 20.4. The molecule has 0 aliphatic heterocycles. The van der Waals surface area contributed by atoms with E-state index in [4.69, 9.17) is 23.2 Å². The molecule has 0 saturated heterocycles. The number of nitrogens with one attached hydrogen (secondary N) is 1. The minimum absolute atomic E-state index is 0.168. The summed E-state index contributed by atoms with van der Waals surface area (Å²) in [6, 6.07) is 6.17. The molecule has 0 aliphatic rings. The third-order valence-electron chi connectivity index (χ3n) is 4.46. The molecule has 3 aromatic rings. The Hall–Kier alpha value is -2.38. The molecule has 1 amide bonds. The maximum absolute atomic E-state index is 13.9. The molecule has 1 N–H and O–H groups in total. The van der Waals surface area contributed by atoms with Gasteiger partial charge in [0.1, 0.15) is 5.82 Å². The Labute approximate surface area is 172 Å². The molecule has 28 heavy (non-hydrogen) atoms. The van der Waals surface area contributed by atoms with Gasteiger partial charge in [-0.25, -0.2) is 4.39 Å². The van der Waals surface area contributed by atoms with Crippen LogP contribution in [0.15, 0.2) is 30.5 Å². The molecule has 1 atom stereocenters. The van der Waals surface area contributed by atoms with Crippen molar-refractivity contribution in [2.45, 2.75) is 33.9 Å². The highest BCUT2D eigenvalue weighted by Crippen LogP contribution is 2.21. The number of rotatable bonds is 6. The van der Waals surface area contributed by atoms with E-state index in [2.05, 4.69) is 15.5 Å². The van der Waals surface area contributed by atoms with Gasteiger partial charge in [0.2, 0.25) is 5.91 Å². The number of amides is 1. The van der Waals surface area contributed by atoms with Gasteiger partial charge in [0, 0.05) is 22.8 Å². The largest absolute Gasteiger partial charge is 0.309 e. The summed E-state index contributed by atoms with van der Waals surface area (Å²) in [6.45, 7) is 6.06. The van der Waals surface area contributed by atoms with Crippen LogP contribution < -0.4 is 5.32 Å². The maximum atomic E-state index is 13.9. The van der Waals surface area contributed by atoms with Crippen molar-refractivity contribution >= 4 is 34.9 Å². The minimum atomic E-state index is -0.397. The lowest BCUT2D eigenvalue weighted by Crippen LogP contribution is -2.25. The fourth-order valence-electron chi connectivity index (χ4n) is 2.81. The SMILES string of the molecule is Cc1nn(CC(C)C(=O)Nc2ccn(Cc3c(F)cccc3Cl)n2)c(C)c1Cl. The number of nitrogens with zero attached hydrogens (tertiary/aromatic N) is 4. The van der Waals surface area contributed by atoms with Crippen molar-refractivity contribution < 1.29 is 9.18 Å². The zero-order valence-electron chi connectivity index (χ0n) is 15.7. The predicted octanol–water partition coefficient (Wildman–Crippen LogP) is 4.47. The van der Waals surface area contributed by atoms with Crippen molar-refractivity contribution in [2.75, 3.05) is 5.32 Å². The Kier molecular flexibility index (Phi) is 6.05. The van der Waals surface area contributed by atoms with Crippen LogP contribution in [0.5, 0.6) is 0 Å². The maximum Gasteiger partial charge on any atom is 0.230 e. The summed E-state index contributed by atoms with van der Waals surface area (Å²) in [4.78, 5) is 12.5. The molecule has 1 unspecified atom stereocenters. The molecule has 2 heterocycles. The van der Waals surface area contributed by atoms with Crippen LogP contribution in [0.2, 0.25) is 10.0 Å². The Morgan fingerprint density at radius 1 is 1.25 bits per heavy atom. The molecule has 3 rings (SSSR count). The first kappa shape index (κ1) is 20.4. The highest BCUT2D eigenvalue weighted by atomic mass is 35.5. The van der Waals surface area contributed by atoms with Crippen LogP contribution in [0.1, 0.15) is 23.9 Å². The fraction of sp³-hybridized carbons (Fsp3) is 0.316. The van der Waals surface area contributed by atoms with Gasteiger partial charge in [0.05, 0.1) is 35.4 Å². The van der Waals surface area contributed by atoms with E-state index in [0.29, 0.717) is 28.0 Å². The quantitative estimate of drug-likeness (QED) is 0.635. The normalized spacial score (nSPS) is 12.2. The van der Waals surface area contributed by atoms with Crippen LogP contribution in [-0.4, -0.2) is 25.5 Å². The summed E-state index contributed by atoms with van der Waals surface area (Å²) in [7, 11) is 0. The second-order valence-electron chi connectivity index (χ2n) is 6.66. The van der Waals surface area contributed by atoms with Crippen molar-refractivity contribution in [1.82, 2.24) is 19.6 Å². The van der Waals surface area contributed by atoms with Crippen molar-refractivity contribution in [3.63, 3.8) is 0 Å². The second-order valence-corrected chi connectivity index (χ2v) is 7.44. The van der Waals surface area contributed by atoms with Gasteiger partial charge in [-0.05, 0) is 26.0 Å². The lowest BCUT2D eigenvalue weighted by Gasteiger charge is -2.12. The van der Waals surface area contributed by atoms with Gasteiger partial charge in [-0.1, -0.05) is 36.2 Å². The molecule has 0 saturated carbocycles. The van der Waals surface area contributed by atoms with E-state index < -0.39 is 5.82 Å². The van der Waals surface area contributed by atoms with E-state index in [0.717, 1.165) is 11.4 Å². The Morgan fingerprint density at radius 3 is 2.64 bits per heavy atom. The third kappa shape index (κ3) is 4.36. The van der Waals surface area contributed by atoms with Crippen molar-refractivity contribution in [3.05, 3.63) is 63.3 Å². The van der Waals surface area contributed by atoms with Crippen LogP contribution >= 0.6 is 23.2 Å². The number of carbonyl (C=O) groups is 1. The van der Waals surface area contributed by atoms with Gasteiger partial charge in [0.15, 0.2) is 5.82 Å². The Bertz CT molecular complexity index is 994. The van der Waals surface area contributed by atoms with Crippen LogP contribution in [0.25, 0.3) is 0 Å². The minimum Gasteiger partial charge on any atom is -0.309 e. The van der Waals surface area contributed by atoms with Crippen LogP contribution in [-0.2, 0) is 17.9 Å². The molecule has 0 bridgehead atoms. The van der Waals surface area contributed by atoms with E-state index in [1.54, 1.807) is 36.0 Å². The van der Waals surface area contributed by atoms with E-state index >= 15 is 0 Å².